The van der Waals surface area contributed by atoms with E-state index in [0.717, 1.165) is 31.7 Å². The molecule has 0 fully saturated rings. The van der Waals surface area contributed by atoms with Crippen LogP contribution in [0.25, 0.3) is 5.82 Å². The van der Waals surface area contributed by atoms with Gasteiger partial charge >= 0.3 is 5.97 Å². The highest BCUT2D eigenvalue weighted by Crippen LogP contribution is 2.22. The van der Waals surface area contributed by atoms with Crippen molar-refractivity contribution in [3.63, 3.8) is 0 Å². The zero-order valence-corrected chi connectivity index (χ0v) is 15.3. The van der Waals surface area contributed by atoms with E-state index in [0.29, 0.717) is 11.8 Å². The maximum Gasteiger partial charge on any atom is 0.305 e. The minimum absolute atomic E-state index is 0.0119. The fourth-order valence-corrected chi connectivity index (χ4v) is 3.28. The fourth-order valence-electron chi connectivity index (χ4n) is 3.28. The quantitative estimate of drug-likeness (QED) is 0.664. The molecule has 3 aromatic rings. The van der Waals surface area contributed by atoms with Gasteiger partial charge in [0.25, 0.3) is 0 Å². The topological polar surface area (TPSA) is 109 Å². The monoisotopic (exact) mass is 379 g/mol. The molecule has 0 bridgehead atoms. The molecule has 0 atom stereocenters. The molecular formula is C19H21N7O2. The van der Waals surface area contributed by atoms with Crippen molar-refractivity contribution in [1.29, 1.82) is 0 Å². The van der Waals surface area contributed by atoms with Crippen LogP contribution >= 0.6 is 0 Å². The van der Waals surface area contributed by atoms with Gasteiger partial charge in [-0.1, -0.05) is 24.3 Å². The van der Waals surface area contributed by atoms with Crippen molar-refractivity contribution in [2.45, 2.75) is 19.3 Å². The van der Waals surface area contributed by atoms with Gasteiger partial charge in [-0.25, -0.2) is 0 Å². The minimum Gasteiger partial charge on any atom is -0.481 e. The molecule has 4 rings (SSSR count). The van der Waals surface area contributed by atoms with E-state index in [1.54, 1.807) is 12.4 Å². The zero-order chi connectivity index (χ0) is 19.3. The van der Waals surface area contributed by atoms with Crippen molar-refractivity contribution >= 4 is 17.7 Å². The van der Waals surface area contributed by atoms with E-state index < -0.39 is 5.97 Å². The highest BCUT2D eigenvalue weighted by Gasteiger charge is 2.17. The molecule has 1 aliphatic rings. The molecule has 0 aliphatic carbocycles. The number of hydrogen-bond donors (Lipinski definition) is 2. The van der Waals surface area contributed by atoms with Gasteiger partial charge in [0.2, 0.25) is 5.95 Å². The molecule has 0 saturated carbocycles. The lowest BCUT2D eigenvalue weighted by Crippen LogP contribution is -2.28. The predicted molar refractivity (Wildman–Crippen MR) is 104 cm³/mol. The van der Waals surface area contributed by atoms with Crippen LogP contribution in [-0.4, -0.2) is 55.7 Å². The Labute approximate surface area is 162 Å². The molecule has 0 radical (unpaired) electrons. The summed E-state index contributed by atoms with van der Waals surface area (Å²) in [6, 6.07) is 10.4. The molecule has 28 heavy (non-hydrogen) atoms. The van der Waals surface area contributed by atoms with Crippen molar-refractivity contribution in [3.05, 3.63) is 53.9 Å². The van der Waals surface area contributed by atoms with Crippen LogP contribution in [-0.2, 0) is 17.6 Å². The number of carboxylic acid groups (broad SMARTS) is 1. The largest absolute Gasteiger partial charge is 0.481 e. The lowest BCUT2D eigenvalue weighted by molar-refractivity contribution is -0.136. The second kappa shape index (κ2) is 8.03. The summed E-state index contributed by atoms with van der Waals surface area (Å²) >= 11 is 0. The van der Waals surface area contributed by atoms with Gasteiger partial charge in [0, 0.05) is 25.7 Å². The zero-order valence-electron chi connectivity index (χ0n) is 15.3. The molecule has 1 aliphatic heterocycles. The van der Waals surface area contributed by atoms with Crippen molar-refractivity contribution in [3.8, 4) is 5.82 Å². The number of hydrogen-bond acceptors (Lipinski definition) is 7. The maximum absolute atomic E-state index is 10.8. The summed E-state index contributed by atoms with van der Waals surface area (Å²) in [6.45, 7) is 1.93. The van der Waals surface area contributed by atoms with E-state index in [2.05, 4.69) is 54.6 Å². The first-order valence-electron chi connectivity index (χ1n) is 9.22. The molecule has 144 valence electrons. The van der Waals surface area contributed by atoms with E-state index in [-0.39, 0.29) is 13.0 Å². The van der Waals surface area contributed by atoms with Gasteiger partial charge in [-0.3, -0.25) is 4.79 Å². The first kappa shape index (κ1) is 17.9. The Morgan fingerprint density at radius 2 is 1.68 bits per heavy atom. The number of carbonyl (C=O) groups is 1. The standard InChI is InChI=1S/C19H21N7O2/c27-18(28)5-8-20-19-23-16(13-17(24-19)26-21-9-10-22-26)25-11-6-14-3-1-2-4-15(14)7-12-25/h1-4,9-10,13H,5-8,11-12H2,(H,27,28)(H,20,23,24). The smallest absolute Gasteiger partial charge is 0.305 e. The van der Waals surface area contributed by atoms with E-state index >= 15 is 0 Å². The molecule has 9 heteroatoms. The van der Waals surface area contributed by atoms with Crippen LogP contribution in [0.3, 0.4) is 0 Å². The Balaban J connectivity index is 1.60. The Morgan fingerprint density at radius 1 is 1.04 bits per heavy atom. The third-order valence-corrected chi connectivity index (χ3v) is 4.69. The summed E-state index contributed by atoms with van der Waals surface area (Å²) < 4.78 is 0. The average Bonchev–Trinajstić information content (AvgIpc) is 3.15. The van der Waals surface area contributed by atoms with Gasteiger partial charge in [-0.05, 0) is 24.0 Å². The van der Waals surface area contributed by atoms with Gasteiger partial charge < -0.3 is 15.3 Å². The molecule has 1 aromatic carbocycles. The number of rotatable bonds is 6. The predicted octanol–water partition coefficient (Wildman–Crippen LogP) is 1.55. The van der Waals surface area contributed by atoms with Gasteiger partial charge in [0.1, 0.15) is 5.82 Å². The summed E-state index contributed by atoms with van der Waals surface area (Å²) in [6.07, 6.45) is 5.04. The Morgan fingerprint density at radius 3 is 2.32 bits per heavy atom. The number of fused-ring (bicyclic) bond motifs is 1. The maximum atomic E-state index is 10.8. The normalized spacial score (nSPS) is 13.6. The molecule has 0 saturated heterocycles. The van der Waals surface area contributed by atoms with Gasteiger partial charge in [-0.2, -0.15) is 20.2 Å². The SMILES string of the molecule is O=C(O)CCNc1nc(N2CCc3ccccc3CC2)cc(-n2nccn2)n1. The van der Waals surface area contributed by atoms with Crippen molar-refractivity contribution in [2.24, 2.45) is 0 Å². The summed E-state index contributed by atoms with van der Waals surface area (Å²) in [4.78, 5) is 23.5. The van der Waals surface area contributed by atoms with E-state index in [1.807, 2.05) is 6.07 Å². The van der Waals surface area contributed by atoms with Crippen LogP contribution in [0.15, 0.2) is 42.7 Å². The fraction of sp³-hybridized carbons (Fsp3) is 0.316. The van der Waals surface area contributed by atoms with Crippen LogP contribution < -0.4 is 10.2 Å². The van der Waals surface area contributed by atoms with Crippen LogP contribution in [0, 0.1) is 0 Å². The molecule has 0 amide bonds. The molecule has 2 aromatic heterocycles. The van der Waals surface area contributed by atoms with Gasteiger partial charge in [0.05, 0.1) is 18.8 Å². The van der Waals surface area contributed by atoms with Gasteiger partial charge in [-0.15, -0.1) is 4.80 Å². The Bertz CT molecular complexity index is 932. The first-order chi connectivity index (χ1) is 13.7. The van der Waals surface area contributed by atoms with E-state index in [9.17, 15) is 4.79 Å². The summed E-state index contributed by atoms with van der Waals surface area (Å²) in [5, 5.41) is 20.1. The molecule has 2 N–H and O–H groups in total. The Kier molecular flexibility index (Phi) is 5.14. The van der Waals surface area contributed by atoms with Crippen molar-refractivity contribution < 1.29 is 9.90 Å². The van der Waals surface area contributed by atoms with Crippen LogP contribution in [0.5, 0.6) is 0 Å². The van der Waals surface area contributed by atoms with Crippen molar-refractivity contribution in [1.82, 2.24) is 25.0 Å². The second-order valence-corrected chi connectivity index (χ2v) is 6.55. The lowest BCUT2D eigenvalue weighted by Gasteiger charge is -2.22. The number of carboxylic acids is 1. The van der Waals surface area contributed by atoms with Crippen molar-refractivity contribution in [2.75, 3.05) is 29.9 Å². The highest BCUT2D eigenvalue weighted by atomic mass is 16.4. The number of anilines is 2. The molecule has 3 heterocycles. The summed E-state index contributed by atoms with van der Waals surface area (Å²) in [5.41, 5.74) is 2.74. The summed E-state index contributed by atoms with van der Waals surface area (Å²) in [5.74, 6) is 0.804. The Hall–Kier alpha value is -3.49. The summed E-state index contributed by atoms with van der Waals surface area (Å²) in [7, 11) is 0. The van der Waals surface area contributed by atoms with E-state index in [1.165, 1.54) is 15.9 Å². The van der Waals surface area contributed by atoms with Gasteiger partial charge in [0.15, 0.2) is 5.82 Å². The molecule has 0 unspecified atom stereocenters. The molecule has 9 nitrogen and oxygen atoms in total. The molecular weight excluding hydrogens is 358 g/mol. The van der Waals surface area contributed by atoms with Crippen LogP contribution in [0.2, 0.25) is 0 Å². The number of aliphatic carboxylic acids is 1. The number of nitrogens with one attached hydrogen (secondary N) is 1. The lowest BCUT2D eigenvalue weighted by atomic mass is 10.0. The third kappa shape index (κ3) is 4.08. The third-order valence-electron chi connectivity index (χ3n) is 4.69. The van der Waals surface area contributed by atoms with E-state index in [4.69, 9.17) is 5.11 Å². The number of benzene rings is 1. The number of aromatic nitrogens is 5. The van der Waals surface area contributed by atoms with Crippen LogP contribution in [0.4, 0.5) is 11.8 Å². The van der Waals surface area contributed by atoms with Crippen LogP contribution in [0.1, 0.15) is 17.5 Å². The second-order valence-electron chi connectivity index (χ2n) is 6.55. The first-order valence-corrected chi connectivity index (χ1v) is 9.22. The highest BCUT2D eigenvalue weighted by molar-refractivity contribution is 5.67. The average molecular weight is 379 g/mol. The minimum atomic E-state index is -0.872. The number of nitrogens with zero attached hydrogens (tertiary/aromatic N) is 6. The molecule has 0 spiro atoms.